The molecule has 1 aliphatic heterocycles. The van der Waals surface area contributed by atoms with Crippen LogP contribution in [0.3, 0.4) is 0 Å². The van der Waals surface area contributed by atoms with E-state index in [-0.39, 0.29) is 60.5 Å². The lowest BCUT2D eigenvalue weighted by Crippen LogP contribution is -2.55. The van der Waals surface area contributed by atoms with Gasteiger partial charge < -0.3 is 39.6 Å². The summed E-state index contributed by atoms with van der Waals surface area (Å²) in [6, 6.07) is -1.53. The van der Waals surface area contributed by atoms with Crippen LogP contribution in [0, 0.1) is 17.8 Å². The number of hydrogen-bond donors (Lipinski definition) is 3. The monoisotopic (exact) mass is 767 g/mol. The van der Waals surface area contributed by atoms with E-state index in [1.807, 2.05) is 66.4 Å². The summed E-state index contributed by atoms with van der Waals surface area (Å²) in [6.45, 7) is 16.3. The lowest BCUT2D eigenvalue weighted by Gasteiger charge is -2.39. The molecule has 8 unspecified atom stereocenters. The number of amides is 5. The van der Waals surface area contributed by atoms with Gasteiger partial charge in [0.1, 0.15) is 6.04 Å². The van der Waals surface area contributed by atoms with Crippen LogP contribution in [0.4, 0.5) is 0 Å². The highest BCUT2D eigenvalue weighted by Gasteiger charge is 2.42. The molecule has 4 N–H and O–H groups in total. The number of likely N-dealkylation sites (tertiary alicyclic amines) is 1. The highest BCUT2D eigenvalue weighted by molar-refractivity contribution is 5.90. The summed E-state index contributed by atoms with van der Waals surface area (Å²) in [6.07, 6.45) is 6.40. The molecular weight excluding hydrogens is 692 g/mol. The second-order valence-electron chi connectivity index (χ2n) is 15.5. The summed E-state index contributed by atoms with van der Waals surface area (Å²) in [5, 5.41) is 5.87. The van der Waals surface area contributed by atoms with E-state index in [2.05, 4.69) is 15.5 Å². The third-order valence-electron chi connectivity index (χ3n) is 11.1. The molecule has 1 rings (SSSR count). The lowest BCUT2D eigenvalue weighted by molar-refractivity contribution is -0.146. The Hall–Kier alpha value is -3.07. The third kappa shape index (κ3) is 14.9. The summed E-state index contributed by atoms with van der Waals surface area (Å²) in [4.78, 5) is 76.8. The number of unbranched alkanes of at least 4 members (excludes halogenated alkanes) is 2. The first-order chi connectivity index (χ1) is 25.5. The Balaban J connectivity index is 3.04. The zero-order valence-electron chi connectivity index (χ0n) is 35.4. The molecule has 0 aliphatic carbocycles. The van der Waals surface area contributed by atoms with Crippen molar-refractivity contribution in [1.29, 1.82) is 0 Å². The van der Waals surface area contributed by atoms with Gasteiger partial charge in [0.05, 0.1) is 49.8 Å². The van der Waals surface area contributed by atoms with Gasteiger partial charge in [0, 0.05) is 47.3 Å². The smallest absolute Gasteiger partial charge is 0.243 e. The van der Waals surface area contributed by atoms with E-state index in [1.54, 1.807) is 33.2 Å². The number of allylic oxidation sites excluding steroid dienone is 1. The molecule has 1 heterocycles. The third-order valence-corrected chi connectivity index (χ3v) is 11.1. The highest BCUT2D eigenvalue weighted by atomic mass is 16.6. The molecule has 0 saturated carbocycles. The maximum absolute atomic E-state index is 14.0. The first-order valence-electron chi connectivity index (χ1n) is 19.9. The van der Waals surface area contributed by atoms with Gasteiger partial charge in [-0.25, -0.2) is 5.90 Å². The number of nitrogens with two attached hydrogens (primary N) is 1. The molecule has 0 aromatic carbocycles. The Labute approximate surface area is 325 Å². The van der Waals surface area contributed by atoms with E-state index < -0.39 is 36.1 Å². The van der Waals surface area contributed by atoms with Crippen LogP contribution >= 0.6 is 0 Å². The molecule has 1 saturated heterocycles. The predicted octanol–water partition coefficient (Wildman–Crippen LogP) is 3.82. The number of carbonyl (C=O) groups is 5. The number of hydrogen-bond acceptors (Lipinski definition) is 9. The lowest BCUT2D eigenvalue weighted by atomic mass is 9.90. The average Bonchev–Trinajstić information content (AvgIpc) is 3.62. The van der Waals surface area contributed by atoms with E-state index in [0.29, 0.717) is 32.4 Å². The predicted molar refractivity (Wildman–Crippen MR) is 211 cm³/mol. The van der Waals surface area contributed by atoms with Crippen molar-refractivity contribution in [2.45, 2.75) is 150 Å². The van der Waals surface area contributed by atoms with Crippen LogP contribution in [0.2, 0.25) is 0 Å². The Bertz CT molecular complexity index is 1210. The van der Waals surface area contributed by atoms with Crippen molar-refractivity contribution in [3.05, 3.63) is 11.6 Å². The summed E-state index contributed by atoms with van der Waals surface area (Å²) in [5.74, 6) is 3.24. The number of likely N-dealkylation sites (N-methyl/N-ethyl adjacent to an activating group) is 2. The van der Waals surface area contributed by atoms with E-state index in [1.165, 1.54) is 10.5 Å². The van der Waals surface area contributed by atoms with E-state index in [9.17, 15) is 24.0 Å². The summed E-state index contributed by atoms with van der Waals surface area (Å²) < 4.78 is 11.9. The van der Waals surface area contributed by atoms with Crippen molar-refractivity contribution in [3.8, 4) is 0 Å². The average molecular weight is 767 g/mol. The molecule has 0 aromatic rings. The molecule has 0 bridgehead atoms. The van der Waals surface area contributed by atoms with Gasteiger partial charge >= 0.3 is 0 Å². The van der Waals surface area contributed by atoms with Crippen molar-refractivity contribution < 1.29 is 38.3 Å². The van der Waals surface area contributed by atoms with Crippen molar-refractivity contribution in [1.82, 2.24) is 25.3 Å². The van der Waals surface area contributed by atoms with Gasteiger partial charge in [-0.3, -0.25) is 24.0 Å². The van der Waals surface area contributed by atoms with Gasteiger partial charge in [-0.2, -0.15) is 0 Å². The number of nitrogens with one attached hydrogen (secondary N) is 2. The van der Waals surface area contributed by atoms with E-state index in [0.717, 1.165) is 32.1 Å². The molecule has 0 radical (unpaired) electrons. The summed E-state index contributed by atoms with van der Waals surface area (Å²) >= 11 is 0. The molecule has 5 amide bonds. The largest absolute Gasteiger partial charge is 0.379 e. The van der Waals surface area contributed by atoms with Gasteiger partial charge in [0.25, 0.3) is 0 Å². The minimum atomic E-state index is -0.748. The fourth-order valence-corrected chi connectivity index (χ4v) is 7.64. The standard InChI is InChI=1S/C40H74N6O8/c1-13-27(5)23-29(7)43-39(50)30(8)38(53-12)31-19-18-21-46(31)34(48)24-32(52-11)37(28(6)14-2)45(10)35(49)25-42-40(51)36(26(3)4)44(9)33(47)20-16-15-17-22-54-41/h13,26,28-32,36-38H,14-25,41H2,1-12H3,(H,42,51)(H,43,50)/b27-13+. The molecular formula is C40H74N6O8. The Morgan fingerprint density at radius 1 is 0.926 bits per heavy atom. The van der Waals surface area contributed by atoms with E-state index in [4.69, 9.17) is 15.4 Å². The van der Waals surface area contributed by atoms with Gasteiger partial charge in [0.15, 0.2) is 0 Å². The fourth-order valence-electron chi connectivity index (χ4n) is 7.64. The van der Waals surface area contributed by atoms with Gasteiger partial charge in [-0.15, -0.1) is 0 Å². The van der Waals surface area contributed by atoms with Crippen LogP contribution in [-0.2, 0) is 38.3 Å². The van der Waals surface area contributed by atoms with Crippen molar-refractivity contribution >= 4 is 29.5 Å². The zero-order chi connectivity index (χ0) is 41.1. The number of nitrogens with zero attached hydrogens (tertiary/aromatic N) is 3. The Morgan fingerprint density at radius 2 is 1.59 bits per heavy atom. The number of ether oxygens (including phenoxy) is 2. The van der Waals surface area contributed by atoms with Crippen molar-refractivity contribution in [2.75, 3.05) is 48.0 Å². The molecule has 1 aliphatic rings. The van der Waals surface area contributed by atoms with Crippen LogP contribution in [0.15, 0.2) is 11.6 Å². The Kier molecular flexibility index (Phi) is 22.8. The molecule has 8 atom stereocenters. The van der Waals surface area contributed by atoms with Crippen LogP contribution < -0.4 is 16.5 Å². The topological polar surface area (TPSA) is 173 Å². The molecule has 0 spiro atoms. The number of rotatable bonds is 25. The van der Waals surface area contributed by atoms with Gasteiger partial charge in [-0.05, 0) is 64.7 Å². The molecule has 14 nitrogen and oxygen atoms in total. The quantitative estimate of drug-likeness (QED) is 0.0710. The molecule has 54 heavy (non-hydrogen) atoms. The minimum absolute atomic E-state index is 0.0320. The Morgan fingerprint density at radius 3 is 2.15 bits per heavy atom. The fraction of sp³-hybridized carbons (Fsp3) is 0.825. The highest BCUT2D eigenvalue weighted by Crippen LogP contribution is 2.29. The van der Waals surface area contributed by atoms with Crippen molar-refractivity contribution in [2.24, 2.45) is 23.7 Å². The van der Waals surface area contributed by atoms with E-state index >= 15 is 0 Å². The molecule has 0 aromatic heterocycles. The van der Waals surface area contributed by atoms with Crippen LogP contribution in [-0.4, -0.2) is 129 Å². The SMILES string of the molecule is C/C=C(\C)CC(C)NC(=O)C(C)C(OC)C1CCCN1C(=O)CC(OC)C(C(C)CC)N(C)C(=O)CNC(=O)C(C(C)C)N(C)C(=O)CCCCCON. The number of carbonyl (C=O) groups excluding carboxylic acids is 5. The first-order valence-corrected chi connectivity index (χ1v) is 19.9. The zero-order valence-corrected chi connectivity index (χ0v) is 35.4. The maximum Gasteiger partial charge on any atom is 0.243 e. The van der Waals surface area contributed by atoms with Gasteiger partial charge in [0.2, 0.25) is 29.5 Å². The van der Waals surface area contributed by atoms with Gasteiger partial charge in [-0.1, -0.05) is 59.1 Å². The number of methoxy groups -OCH3 is 2. The summed E-state index contributed by atoms with van der Waals surface area (Å²) in [5.41, 5.74) is 1.19. The molecule has 312 valence electrons. The summed E-state index contributed by atoms with van der Waals surface area (Å²) in [7, 11) is 6.42. The minimum Gasteiger partial charge on any atom is -0.379 e. The maximum atomic E-state index is 14.0. The normalized spacial score (nSPS) is 18.7. The molecule has 1 fully saturated rings. The van der Waals surface area contributed by atoms with Crippen LogP contribution in [0.1, 0.15) is 113 Å². The van der Waals surface area contributed by atoms with Crippen LogP contribution in [0.5, 0.6) is 0 Å². The second kappa shape index (κ2) is 25.2. The van der Waals surface area contributed by atoms with Crippen molar-refractivity contribution in [3.63, 3.8) is 0 Å². The second-order valence-corrected chi connectivity index (χ2v) is 15.5. The van der Waals surface area contributed by atoms with Crippen LogP contribution in [0.25, 0.3) is 0 Å². The molecule has 14 heteroatoms. The first kappa shape index (κ1) is 48.9.